The van der Waals surface area contributed by atoms with E-state index < -0.39 is 0 Å². The quantitative estimate of drug-likeness (QED) is 0.779. The first-order valence-corrected chi connectivity index (χ1v) is 5.10. The average molecular weight is 225 g/mol. The molecular formula is C12H11N5. The smallest absolute Gasteiger partial charge is 0.146 e. The summed E-state index contributed by atoms with van der Waals surface area (Å²) in [6.45, 7) is 1.77. The van der Waals surface area contributed by atoms with Gasteiger partial charge in [-0.2, -0.15) is 5.26 Å². The van der Waals surface area contributed by atoms with Crippen LogP contribution in [-0.4, -0.2) is 22.0 Å². The minimum Gasteiger partial charge on any atom is -0.328 e. The zero-order valence-electron chi connectivity index (χ0n) is 9.62. The van der Waals surface area contributed by atoms with E-state index in [1.54, 1.807) is 25.4 Å². The Morgan fingerprint density at radius 3 is 2.82 bits per heavy atom. The summed E-state index contributed by atoms with van der Waals surface area (Å²) in [7, 11) is 1.87. The third-order valence-corrected chi connectivity index (χ3v) is 2.32. The van der Waals surface area contributed by atoms with Crippen molar-refractivity contribution in [3.05, 3.63) is 42.1 Å². The maximum atomic E-state index is 8.87. The molecule has 84 valence electrons. The number of pyridine rings is 1. The molecule has 0 aliphatic rings. The lowest BCUT2D eigenvalue weighted by atomic mass is 10.3. The average Bonchev–Trinajstić information content (AvgIpc) is 2.38. The number of aromatic nitrogens is 3. The van der Waals surface area contributed by atoms with E-state index in [-0.39, 0.29) is 0 Å². The second kappa shape index (κ2) is 4.58. The summed E-state index contributed by atoms with van der Waals surface area (Å²) in [5.41, 5.74) is 1.28. The molecule has 5 heteroatoms. The van der Waals surface area contributed by atoms with Gasteiger partial charge in [0.15, 0.2) is 0 Å². The Kier molecular flexibility index (Phi) is 2.97. The van der Waals surface area contributed by atoms with Crippen molar-refractivity contribution >= 4 is 11.5 Å². The highest BCUT2D eigenvalue weighted by molar-refractivity contribution is 5.58. The molecule has 2 aromatic rings. The zero-order chi connectivity index (χ0) is 12.3. The Morgan fingerprint density at radius 2 is 2.18 bits per heavy atom. The molecule has 0 aromatic carbocycles. The molecule has 0 bridgehead atoms. The third-order valence-electron chi connectivity index (χ3n) is 2.32. The van der Waals surface area contributed by atoms with Crippen LogP contribution in [0.4, 0.5) is 11.5 Å². The Labute approximate surface area is 99.4 Å². The Balaban J connectivity index is 2.41. The third kappa shape index (κ3) is 2.37. The fourth-order valence-electron chi connectivity index (χ4n) is 1.47. The molecular weight excluding hydrogens is 214 g/mol. The predicted octanol–water partition coefficient (Wildman–Crippen LogP) is 1.82. The highest BCUT2D eigenvalue weighted by atomic mass is 15.2. The second-order valence-corrected chi connectivity index (χ2v) is 3.54. The van der Waals surface area contributed by atoms with Crippen LogP contribution in [0, 0.1) is 18.3 Å². The fourth-order valence-corrected chi connectivity index (χ4v) is 1.47. The van der Waals surface area contributed by atoms with E-state index in [9.17, 15) is 0 Å². The molecule has 2 aromatic heterocycles. The Bertz CT molecular complexity index is 559. The van der Waals surface area contributed by atoms with E-state index in [1.807, 2.05) is 30.1 Å². The van der Waals surface area contributed by atoms with Crippen LogP contribution in [-0.2, 0) is 0 Å². The van der Waals surface area contributed by atoms with Crippen LogP contribution in [0.5, 0.6) is 0 Å². The maximum absolute atomic E-state index is 8.87. The summed E-state index contributed by atoms with van der Waals surface area (Å²) in [6, 6.07) is 7.45. The number of nitrogens with zero attached hydrogens (tertiary/aromatic N) is 5. The van der Waals surface area contributed by atoms with Gasteiger partial charge in [0.2, 0.25) is 0 Å². The van der Waals surface area contributed by atoms with Gasteiger partial charge in [-0.1, -0.05) is 0 Å². The molecule has 17 heavy (non-hydrogen) atoms. The highest BCUT2D eigenvalue weighted by Crippen LogP contribution is 2.20. The maximum Gasteiger partial charge on any atom is 0.146 e. The van der Waals surface area contributed by atoms with E-state index >= 15 is 0 Å². The number of aryl methyl sites for hydroxylation is 1. The summed E-state index contributed by atoms with van der Waals surface area (Å²) < 4.78 is 0. The van der Waals surface area contributed by atoms with Gasteiger partial charge in [0.05, 0.1) is 11.9 Å². The molecule has 0 atom stereocenters. The van der Waals surface area contributed by atoms with Gasteiger partial charge in [-0.05, 0) is 19.1 Å². The first kappa shape index (κ1) is 11.0. The lowest BCUT2D eigenvalue weighted by Gasteiger charge is -2.17. The molecule has 0 N–H and O–H groups in total. The highest BCUT2D eigenvalue weighted by Gasteiger charge is 2.08. The van der Waals surface area contributed by atoms with E-state index in [4.69, 9.17) is 5.26 Å². The molecule has 2 rings (SSSR count). The molecule has 2 heterocycles. The topological polar surface area (TPSA) is 65.7 Å². The monoisotopic (exact) mass is 225 g/mol. The Morgan fingerprint density at radius 1 is 1.35 bits per heavy atom. The molecule has 5 nitrogen and oxygen atoms in total. The van der Waals surface area contributed by atoms with Crippen LogP contribution in [0.2, 0.25) is 0 Å². The van der Waals surface area contributed by atoms with Gasteiger partial charge >= 0.3 is 0 Å². The summed E-state index contributed by atoms with van der Waals surface area (Å²) in [4.78, 5) is 14.2. The molecule has 0 radical (unpaired) electrons. The minimum absolute atomic E-state index is 0.364. The molecule has 0 unspecified atom stereocenters. The van der Waals surface area contributed by atoms with Crippen molar-refractivity contribution in [1.82, 2.24) is 15.0 Å². The van der Waals surface area contributed by atoms with Crippen molar-refractivity contribution in [2.75, 3.05) is 11.9 Å². The molecule has 0 amide bonds. The van der Waals surface area contributed by atoms with E-state index in [2.05, 4.69) is 15.0 Å². The summed E-state index contributed by atoms with van der Waals surface area (Å²) in [5.74, 6) is 1.26. The first-order chi connectivity index (χ1) is 8.20. The molecule has 0 saturated heterocycles. The van der Waals surface area contributed by atoms with Crippen LogP contribution < -0.4 is 4.90 Å². The molecule has 0 aliphatic carbocycles. The SMILES string of the molecule is Cc1nc(C#N)cc(N(C)c2cccnc2)n1. The lowest BCUT2D eigenvalue weighted by Crippen LogP contribution is -2.12. The molecule has 0 spiro atoms. The Hall–Kier alpha value is -2.48. The summed E-state index contributed by atoms with van der Waals surface area (Å²) in [5, 5.41) is 8.87. The normalized spacial score (nSPS) is 9.71. The second-order valence-electron chi connectivity index (χ2n) is 3.54. The van der Waals surface area contributed by atoms with Gasteiger partial charge in [0.1, 0.15) is 23.4 Å². The van der Waals surface area contributed by atoms with Crippen molar-refractivity contribution in [2.24, 2.45) is 0 Å². The largest absolute Gasteiger partial charge is 0.328 e. The van der Waals surface area contributed by atoms with Gasteiger partial charge in [-0.15, -0.1) is 0 Å². The zero-order valence-corrected chi connectivity index (χ0v) is 9.62. The van der Waals surface area contributed by atoms with E-state index in [0.717, 1.165) is 5.69 Å². The van der Waals surface area contributed by atoms with Crippen molar-refractivity contribution < 1.29 is 0 Å². The number of hydrogen-bond donors (Lipinski definition) is 0. The summed E-state index contributed by atoms with van der Waals surface area (Å²) >= 11 is 0. The summed E-state index contributed by atoms with van der Waals surface area (Å²) in [6.07, 6.45) is 3.45. The number of anilines is 2. The van der Waals surface area contributed by atoms with Gasteiger partial charge in [-0.25, -0.2) is 9.97 Å². The van der Waals surface area contributed by atoms with Gasteiger partial charge in [0.25, 0.3) is 0 Å². The van der Waals surface area contributed by atoms with Crippen LogP contribution in [0.15, 0.2) is 30.6 Å². The molecule has 0 saturated carbocycles. The van der Waals surface area contributed by atoms with Crippen LogP contribution in [0.1, 0.15) is 11.5 Å². The van der Waals surface area contributed by atoms with Crippen molar-refractivity contribution in [3.8, 4) is 6.07 Å². The number of nitriles is 1. The molecule has 0 fully saturated rings. The standard InChI is InChI=1S/C12H11N5/c1-9-15-10(7-13)6-12(16-9)17(2)11-4-3-5-14-8-11/h3-6,8H,1-2H3. The van der Waals surface area contributed by atoms with Crippen LogP contribution in [0.25, 0.3) is 0 Å². The van der Waals surface area contributed by atoms with Gasteiger partial charge < -0.3 is 4.90 Å². The minimum atomic E-state index is 0.364. The van der Waals surface area contributed by atoms with E-state index in [1.165, 1.54) is 0 Å². The number of rotatable bonds is 2. The van der Waals surface area contributed by atoms with Crippen molar-refractivity contribution in [1.29, 1.82) is 5.26 Å². The van der Waals surface area contributed by atoms with Crippen LogP contribution in [0.3, 0.4) is 0 Å². The predicted molar refractivity (Wildman–Crippen MR) is 63.8 cm³/mol. The molecule has 0 aliphatic heterocycles. The first-order valence-electron chi connectivity index (χ1n) is 5.10. The number of hydrogen-bond acceptors (Lipinski definition) is 5. The lowest BCUT2D eigenvalue weighted by molar-refractivity contribution is 0.997. The van der Waals surface area contributed by atoms with Gasteiger partial charge in [0, 0.05) is 19.3 Å². The van der Waals surface area contributed by atoms with Crippen molar-refractivity contribution in [2.45, 2.75) is 6.92 Å². The fraction of sp³-hybridized carbons (Fsp3) is 0.167. The van der Waals surface area contributed by atoms with Crippen molar-refractivity contribution in [3.63, 3.8) is 0 Å². The van der Waals surface area contributed by atoms with Gasteiger partial charge in [-0.3, -0.25) is 4.98 Å². The van der Waals surface area contributed by atoms with Crippen LogP contribution >= 0.6 is 0 Å². The van der Waals surface area contributed by atoms with E-state index in [0.29, 0.717) is 17.3 Å².